The van der Waals surface area contributed by atoms with Crippen LogP contribution in [0.25, 0.3) is 33.3 Å². The fraction of sp³-hybridized carbons (Fsp3) is 0.520. The average Bonchev–Trinajstić information content (AvgIpc) is 4.00. The fourth-order valence-corrected chi connectivity index (χ4v) is 9.64. The van der Waals surface area contributed by atoms with Crippen molar-refractivity contribution < 1.29 is 43.3 Å². The van der Waals surface area contributed by atoms with Gasteiger partial charge in [0.25, 0.3) is 5.91 Å². The molecule has 67 heavy (non-hydrogen) atoms. The molecule has 3 aliphatic heterocycles. The number of carbonyl (C=O) groups excluding carboxylic acids is 5. The summed E-state index contributed by atoms with van der Waals surface area (Å²) in [5.41, 5.74) is 9.64. The number of hydrogen-bond donors (Lipinski definition) is 4. The van der Waals surface area contributed by atoms with E-state index in [-0.39, 0.29) is 43.8 Å². The Morgan fingerprint density at radius 1 is 1.06 bits per heavy atom. The first-order valence-corrected chi connectivity index (χ1v) is 23.2. The molecule has 1 unspecified atom stereocenters. The SMILES string of the molecule is CCn1c(-c2cnccc2COC)c2c3cc(ccc31)-c1cc(O)cc(c1)C[C@H](NC(=O)C(C(C)C)N(C)C(=O)CN(C)C(=O)[C@@H]1N[C@@H]1COC)C(=O)N1CCC[C@H](N1)C(=O)OCC(C)(C)C2. The highest BCUT2D eigenvalue weighted by atomic mass is 16.5. The molecule has 0 spiro atoms. The fourth-order valence-electron chi connectivity index (χ4n) is 9.64. The molecule has 2 aromatic heterocycles. The van der Waals surface area contributed by atoms with Crippen molar-refractivity contribution in [1.29, 1.82) is 0 Å². The molecule has 5 heterocycles. The number of carbonyl (C=O) groups is 5. The van der Waals surface area contributed by atoms with Crippen LogP contribution < -0.4 is 16.1 Å². The van der Waals surface area contributed by atoms with Crippen molar-refractivity contribution in [2.75, 3.05) is 54.6 Å². The number of aromatic nitrogens is 2. The van der Waals surface area contributed by atoms with Gasteiger partial charge in [0.1, 0.15) is 29.9 Å². The van der Waals surface area contributed by atoms with Gasteiger partial charge in [0.2, 0.25) is 17.7 Å². The standard InChI is InChI=1S/C50H66N8O9/c1-10-57-41-14-13-31-22-35(41)36(45(57)37-24-51-16-15-32(37)26-65-8)23-50(4,5)28-67-49(64)38-12-11-17-58(54-38)47(62)39(20-30-18-33(31)21-34(59)19-30)53-46(61)44(29(2)3)56(7)42(60)25-55(6)48(63)43-40(52-43)27-66-9/h13-16,18-19,21-22,24,29,38-40,43-44,52,54,59H,10-12,17,20,23,25-28H2,1-9H3,(H,53,61)/t38-,39-,40+,43+,44?/m0/s1. The molecule has 6 bridgehead atoms. The summed E-state index contributed by atoms with van der Waals surface area (Å²) in [5, 5.41) is 19.7. The summed E-state index contributed by atoms with van der Waals surface area (Å²) >= 11 is 0. The van der Waals surface area contributed by atoms with Gasteiger partial charge in [0.05, 0.1) is 38.1 Å². The van der Waals surface area contributed by atoms with Crippen LogP contribution in [0.5, 0.6) is 5.75 Å². The third-order valence-electron chi connectivity index (χ3n) is 13.1. The number of aryl methyl sites for hydroxylation is 1. The van der Waals surface area contributed by atoms with Crippen LogP contribution in [-0.2, 0) is 64.2 Å². The van der Waals surface area contributed by atoms with Crippen LogP contribution in [0.1, 0.15) is 64.2 Å². The van der Waals surface area contributed by atoms with Crippen molar-refractivity contribution in [3.63, 3.8) is 0 Å². The Hall–Kier alpha value is -5.88. The number of aromatic hydroxyl groups is 1. The lowest BCUT2D eigenvalue weighted by molar-refractivity contribution is -0.155. The zero-order valence-corrected chi connectivity index (χ0v) is 40.2. The minimum Gasteiger partial charge on any atom is -0.508 e. The maximum atomic E-state index is 14.7. The van der Waals surface area contributed by atoms with Gasteiger partial charge in [-0.05, 0) is 90.3 Å². The number of likely N-dealkylation sites (N-methyl/N-ethyl adjacent to an activating group) is 2. The lowest BCUT2D eigenvalue weighted by atomic mass is 9.84. The number of phenolic OH excluding ortho intramolecular Hbond substituents is 1. The van der Waals surface area contributed by atoms with Gasteiger partial charge < -0.3 is 39.0 Å². The summed E-state index contributed by atoms with van der Waals surface area (Å²) in [5.74, 6) is -2.69. The molecule has 3 aliphatic rings. The number of fused-ring (bicyclic) bond motifs is 6. The number of methoxy groups -OCH3 is 2. The van der Waals surface area contributed by atoms with Crippen molar-refractivity contribution in [3.05, 3.63) is 71.5 Å². The first kappa shape index (κ1) is 49.0. The van der Waals surface area contributed by atoms with Crippen LogP contribution in [0.4, 0.5) is 0 Å². The van der Waals surface area contributed by atoms with Gasteiger partial charge in [-0.25, -0.2) is 5.43 Å². The number of pyridine rings is 1. The minimum atomic E-state index is -1.19. The Bertz CT molecular complexity index is 2500. The van der Waals surface area contributed by atoms with E-state index >= 15 is 0 Å². The molecule has 0 radical (unpaired) electrons. The first-order chi connectivity index (χ1) is 31.9. The number of cyclic esters (lactones) is 1. The van der Waals surface area contributed by atoms with Gasteiger partial charge in [-0.2, -0.15) is 0 Å². The number of nitrogens with one attached hydrogen (secondary N) is 3. The third kappa shape index (κ3) is 10.8. The number of esters is 1. The van der Waals surface area contributed by atoms with Crippen molar-refractivity contribution in [2.24, 2.45) is 11.3 Å². The second kappa shape index (κ2) is 20.6. The molecule has 2 saturated heterocycles. The highest BCUT2D eigenvalue weighted by Crippen LogP contribution is 2.41. The Balaban J connectivity index is 1.27. The number of phenols is 1. The molecule has 2 fully saturated rings. The van der Waals surface area contributed by atoms with Crippen molar-refractivity contribution >= 4 is 40.5 Å². The molecule has 5 atom stereocenters. The van der Waals surface area contributed by atoms with E-state index in [0.717, 1.165) is 38.9 Å². The highest BCUT2D eigenvalue weighted by Gasteiger charge is 2.44. The van der Waals surface area contributed by atoms with E-state index in [4.69, 9.17) is 14.2 Å². The normalized spacial score (nSPS) is 21.1. The first-order valence-electron chi connectivity index (χ1n) is 23.2. The van der Waals surface area contributed by atoms with Crippen LogP contribution >= 0.6 is 0 Å². The number of hydrogen-bond acceptors (Lipinski definition) is 12. The Labute approximate surface area is 392 Å². The predicted octanol–water partition coefficient (Wildman–Crippen LogP) is 3.82. The van der Waals surface area contributed by atoms with Crippen LogP contribution in [0.15, 0.2) is 54.9 Å². The molecule has 4 N–H and O–H groups in total. The van der Waals surface area contributed by atoms with E-state index in [1.54, 1.807) is 53.4 Å². The van der Waals surface area contributed by atoms with E-state index in [1.807, 2.05) is 24.4 Å². The summed E-state index contributed by atoms with van der Waals surface area (Å²) in [6, 6.07) is 9.73. The van der Waals surface area contributed by atoms with Crippen LogP contribution in [0.3, 0.4) is 0 Å². The van der Waals surface area contributed by atoms with Gasteiger partial charge in [-0.15, -0.1) is 0 Å². The molecule has 0 aliphatic carbocycles. The summed E-state index contributed by atoms with van der Waals surface area (Å²) < 4.78 is 19.1. The number of rotatable bonds is 13. The van der Waals surface area contributed by atoms with E-state index in [9.17, 15) is 29.1 Å². The molecular weight excluding hydrogens is 857 g/mol. The number of benzene rings is 2. The molecule has 4 aromatic rings. The molecule has 0 saturated carbocycles. The summed E-state index contributed by atoms with van der Waals surface area (Å²) in [6.07, 6.45) is 5.07. The smallest absolute Gasteiger partial charge is 0.324 e. The molecular formula is C50H66N8O9. The van der Waals surface area contributed by atoms with Gasteiger partial charge in [0.15, 0.2) is 0 Å². The number of amides is 4. The maximum Gasteiger partial charge on any atom is 0.324 e. The molecule has 17 heteroatoms. The summed E-state index contributed by atoms with van der Waals surface area (Å²) in [6.45, 7) is 11.4. The molecule has 4 amide bonds. The largest absolute Gasteiger partial charge is 0.508 e. The van der Waals surface area contributed by atoms with Crippen LogP contribution in [0, 0.1) is 11.3 Å². The monoisotopic (exact) mass is 922 g/mol. The Kier molecular flexibility index (Phi) is 15.0. The van der Waals surface area contributed by atoms with Crippen molar-refractivity contribution in [2.45, 2.75) is 104 Å². The number of hydrazine groups is 1. The van der Waals surface area contributed by atoms with E-state index in [0.29, 0.717) is 50.1 Å². The maximum absolute atomic E-state index is 14.7. The Morgan fingerprint density at radius 3 is 2.55 bits per heavy atom. The molecule has 360 valence electrons. The Morgan fingerprint density at radius 2 is 1.84 bits per heavy atom. The van der Waals surface area contributed by atoms with Gasteiger partial charge in [-0.1, -0.05) is 39.8 Å². The number of nitrogens with zero attached hydrogens (tertiary/aromatic N) is 5. The van der Waals surface area contributed by atoms with Gasteiger partial charge >= 0.3 is 5.97 Å². The second-order valence-corrected chi connectivity index (χ2v) is 19.3. The average molecular weight is 923 g/mol. The molecule has 17 nitrogen and oxygen atoms in total. The molecule has 7 rings (SSSR count). The number of ether oxygens (including phenoxy) is 3. The summed E-state index contributed by atoms with van der Waals surface area (Å²) in [4.78, 5) is 77.0. The van der Waals surface area contributed by atoms with Crippen LogP contribution in [0.2, 0.25) is 0 Å². The van der Waals surface area contributed by atoms with Gasteiger partial charge in [0, 0.05) is 82.1 Å². The van der Waals surface area contributed by atoms with E-state index in [1.165, 1.54) is 21.9 Å². The quantitative estimate of drug-likeness (QED) is 0.112. The lowest BCUT2D eigenvalue weighted by Gasteiger charge is -2.37. The lowest BCUT2D eigenvalue weighted by Crippen LogP contribution is -2.62. The topological polar surface area (TPSA) is 207 Å². The second-order valence-electron chi connectivity index (χ2n) is 19.3. The molecule has 2 aromatic carbocycles. The summed E-state index contributed by atoms with van der Waals surface area (Å²) in [7, 11) is 6.28. The van der Waals surface area contributed by atoms with Crippen LogP contribution in [-0.4, -0.2) is 144 Å². The highest BCUT2D eigenvalue weighted by molar-refractivity contribution is 5.96. The van der Waals surface area contributed by atoms with E-state index in [2.05, 4.69) is 58.5 Å². The zero-order chi connectivity index (χ0) is 48.3. The minimum absolute atomic E-state index is 0.0230. The van der Waals surface area contributed by atoms with E-state index < -0.39 is 59.2 Å². The van der Waals surface area contributed by atoms with Gasteiger partial charge in [-0.3, -0.25) is 39.3 Å². The zero-order valence-electron chi connectivity index (χ0n) is 40.2. The van der Waals surface area contributed by atoms with Crippen molar-refractivity contribution in [3.8, 4) is 28.1 Å². The predicted molar refractivity (Wildman–Crippen MR) is 252 cm³/mol. The van der Waals surface area contributed by atoms with Crippen molar-refractivity contribution in [1.82, 2.24) is 40.4 Å². The third-order valence-corrected chi connectivity index (χ3v) is 13.1.